The summed E-state index contributed by atoms with van der Waals surface area (Å²) in [5.74, 6) is 0.946. The van der Waals surface area contributed by atoms with Gasteiger partial charge in [-0.1, -0.05) is 32.1 Å². The third kappa shape index (κ3) is 9.30. The number of hydrogen-bond donors (Lipinski definition) is 0. The minimum atomic E-state index is 0.818. The van der Waals surface area contributed by atoms with Crippen molar-refractivity contribution >= 4 is 0 Å². The Morgan fingerprint density at radius 2 is 1.81 bits per heavy atom. The fourth-order valence-corrected chi connectivity index (χ4v) is 1.97. The van der Waals surface area contributed by atoms with Crippen LogP contribution in [0.4, 0.5) is 0 Å². The number of benzene rings is 1. The molecule has 0 radical (unpaired) electrons. The zero-order valence-corrected chi connectivity index (χ0v) is 14.4. The number of rotatable bonds is 9. The molecule has 1 rings (SSSR count). The summed E-state index contributed by atoms with van der Waals surface area (Å²) < 4.78 is 10.6. The van der Waals surface area contributed by atoms with Crippen molar-refractivity contribution < 1.29 is 9.47 Å². The number of hydrogen-bond acceptors (Lipinski definition) is 2. The van der Waals surface area contributed by atoms with Crippen molar-refractivity contribution in [3.63, 3.8) is 0 Å². The van der Waals surface area contributed by atoms with Crippen LogP contribution >= 0.6 is 0 Å². The Bertz CT molecular complexity index is 383. The predicted octanol–water partition coefficient (Wildman–Crippen LogP) is 5.34. The normalized spacial score (nSPS) is 10.3. The maximum absolute atomic E-state index is 5.30. The molecule has 0 atom stereocenters. The lowest BCUT2D eigenvalue weighted by atomic mass is 10.0. The first-order valence-electron chi connectivity index (χ1n) is 8.14. The molecule has 0 aliphatic rings. The van der Waals surface area contributed by atoms with E-state index in [1.54, 1.807) is 7.11 Å². The highest BCUT2D eigenvalue weighted by Crippen LogP contribution is 2.18. The topological polar surface area (TPSA) is 18.5 Å². The number of methoxy groups -OCH3 is 1. The average Bonchev–Trinajstić information content (AvgIpc) is 2.53. The molecule has 0 aromatic heterocycles. The molecular formula is C19H32O2. The maximum Gasteiger partial charge on any atom is 0.119 e. The van der Waals surface area contributed by atoms with Crippen molar-refractivity contribution in [2.75, 3.05) is 20.3 Å². The molecule has 2 heteroatoms. The van der Waals surface area contributed by atoms with Crippen molar-refractivity contribution in [2.45, 2.75) is 53.4 Å². The predicted molar refractivity (Wildman–Crippen MR) is 92.3 cm³/mol. The lowest BCUT2D eigenvalue weighted by molar-refractivity contribution is 0.145. The molecule has 0 saturated carbocycles. The molecule has 0 fully saturated rings. The van der Waals surface area contributed by atoms with Gasteiger partial charge in [0.25, 0.3) is 0 Å². The Morgan fingerprint density at radius 3 is 2.48 bits per heavy atom. The van der Waals surface area contributed by atoms with Crippen molar-refractivity contribution in [1.82, 2.24) is 0 Å². The molecule has 0 N–H and O–H groups in total. The molecular weight excluding hydrogens is 260 g/mol. The van der Waals surface area contributed by atoms with Crippen LogP contribution in [0.3, 0.4) is 0 Å². The van der Waals surface area contributed by atoms with E-state index in [4.69, 9.17) is 9.47 Å². The van der Waals surface area contributed by atoms with Gasteiger partial charge in [-0.05, 0) is 62.8 Å². The Labute approximate surface area is 131 Å². The molecule has 0 amide bonds. The zero-order valence-electron chi connectivity index (χ0n) is 14.4. The highest BCUT2D eigenvalue weighted by molar-refractivity contribution is 5.35. The van der Waals surface area contributed by atoms with Gasteiger partial charge in [0, 0.05) is 13.2 Å². The van der Waals surface area contributed by atoms with Crippen molar-refractivity contribution in [3.05, 3.63) is 41.5 Å². The first-order chi connectivity index (χ1) is 10.3. The number of ether oxygens (including phenoxy) is 2. The standard InChI is InChI=1S/C17H26O2.C2H6/c1-4-19-13-9-7-5-6-8-10-16-14-17(18-3)12-11-15(16)2;1-2/h5-6,11-12,14H,4,7-10,13H2,1-3H3;1-2H3/b6-5+;. The highest BCUT2D eigenvalue weighted by atomic mass is 16.5. The first-order valence-corrected chi connectivity index (χ1v) is 8.14. The molecule has 0 unspecified atom stereocenters. The van der Waals surface area contributed by atoms with Crippen LogP contribution in [-0.2, 0) is 11.2 Å². The van der Waals surface area contributed by atoms with Crippen LogP contribution in [0.2, 0.25) is 0 Å². The Hall–Kier alpha value is -1.28. The van der Waals surface area contributed by atoms with Crippen LogP contribution in [0, 0.1) is 6.92 Å². The summed E-state index contributed by atoms with van der Waals surface area (Å²) >= 11 is 0. The third-order valence-electron chi connectivity index (χ3n) is 3.17. The molecule has 1 aromatic rings. The van der Waals surface area contributed by atoms with E-state index in [0.717, 1.165) is 44.6 Å². The second-order valence-electron chi connectivity index (χ2n) is 4.64. The fourth-order valence-electron chi connectivity index (χ4n) is 1.97. The van der Waals surface area contributed by atoms with Gasteiger partial charge in [-0.3, -0.25) is 0 Å². The van der Waals surface area contributed by atoms with Crippen molar-refractivity contribution in [2.24, 2.45) is 0 Å². The summed E-state index contributed by atoms with van der Waals surface area (Å²) in [5.41, 5.74) is 2.71. The largest absolute Gasteiger partial charge is 0.497 e. The zero-order chi connectivity index (χ0) is 15.9. The minimum absolute atomic E-state index is 0.818. The van der Waals surface area contributed by atoms with Gasteiger partial charge in [-0.2, -0.15) is 0 Å². The number of unbranched alkanes of at least 4 members (excludes halogenated alkanes) is 1. The molecule has 0 aliphatic heterocycles. The molecule has 0 saturated heterocycles. The Kier molecular flexibility index (Phi) is 12.9. The minimum Gasteiger partial charge on any atom is -0.497 e. The SMILES string of the molecule is CC.CCOCCC/C=C/CCc1cc(OC)ccc1C. The molecule has 120 valence electrons. The van der Waals surface area contributed by atoms with Gasteiger partial charge < -0.3 is 9.47 Å². The van der Waals surface area contributed by atoms with E-state index < -0.39 is 0 Å². The van der Waals surface area contributed by atoms with E-state index in [9.17, 15) is 0 Å². The van der Waals surface area contributed by atoms with Crippen LogP contribution < -0.4 is 4.74 Å². The van der Waals surface area contributed by atoms with E-state index >= 15 is 0 Å². The second kappa shape index (κ2) is 13.7. The van der Waals surface area contributed by atoms with Crippen molar-refractivity contribution in [1.29, 1.82) is 0 Å². The van der Waals surface area contributed by atoms with Gasteiger partial charge in [0.2, 0.25) is 0 Å². The van der Waals surface area contributed by atoms with Gasteiger partial charge >= 0.3 is 0 Å². The van der Waals surface area contributed by atoms with Crippen LogP contribution in [0.5, 0.6) is 5.75 Å². The lowest BCUT2D eigenvalue weighted by Crippen LogP contribution is -1.92. The molecule has 1 aromatic carbocycles. The summed E-state index contributed by atoms with van der Waals surface area (Å²) in [7, 11) is 1.72. The van der Waals surface area contributed by atoms with Gasteiger partial charge in [-0.15, -0.1) is 0 Å². The van der Waals surface area contributed by atoms with E-state index in [1.165, 1.54) is 11.1 Å². The lowest BCUT2D eigenvalue weighted by Gasteiger charge is -2.07. The van der Waals surface area contributed by atoms with Crippen LogP contribution in [-0.4, -0.2) is 20.3 Å². The number of aryl methyl sites for hydroxylation is 2. The fraction of sp³-hybridized carbons (Fsp3) is 0.579. The quantitative estimate of drug-likeness (QED) is 0.452. The van der Waals surface area contributed by atoms with E-state index in [-0.39, 0.29) is 0 Å². The summed E-state index contributed by atoms with van der Waals surface area (Å²) in [6, 6.07) is 6.28. The summed E-state index contributed by atoms with van der Waals surface area (Å²) in [5, 5.41) is 0. The number of allylic oxidation sites excluding steroid dienone is 2. The van der Waals surface area contributed by atoms with Gasteiger partial charge in [0.1, 0.15) is 5.75 Å². The summed E-state index contributed by atoms with van der Waals surface area (Å²) in [6.45, 7) is 9.88. The molecule has 21 heavy (non-hydrogen) atoms. The average molecular weight is 292 g/mol. The molecule has 0 bridgehead atoms. The highest BCUT2D eigenvalue weighted by Gasteiger charge is 1.99. The first kappa shape index (κ1) is 19.7. The molecule has 2 nitrogen and oxygen atoms in total. The molecule has 0 aliphatic carbocycles. The smallest absolute Gasteiger partial charge is 0.119 e. The summed E-state index contributed by atoms with van der Waals surface area (Å²) in [6.07, 6.45) is 8.91. The second-order valence-corrected chi connectivity index (χ2v) is 4.64. The Balaban J connectivity index is 0.00000191. The Morgan fingerprint density at radius 1 is 1.10 bits per heavy atom. The van der Waals surface area contributed by atoms with E-state index in [1.807, 2.05) is 26.8 Å². The summed E-state index contributed by atoms with van der Waals surface area (Å²) in [4.78, 5) is 0. The van der Waals surface area contributed by atoms with Gasteiger partial charge in [0.05, 0.1) is 7.11 Å². The van der Waals surface area contributed by atoms with Crippen LogP contribution in [0.15, 0.2) is 30.4 Å². The molecule has 0 spiro atoms. The maximum atomic E-state index is 5.30. The third-order valence-corrected chi connectivity index (χ3v) is 3.17. The van der Waals surface area contributed by atoms with Gasteiger partial charge in [0.15, 0.2) is 0 Å². The monoisotopic (exact) mass is 292 g/mol. The van der Waals surface area contributed by atoms with Gasteiger partial charge in [-0.25, -0.2) is 0 Å². The van der Waals surface area contributed by atoms with E-state index in [2.05, 4.69) is 31.2 Å². The van der Waals surface area contributed by atoms with Crippen LogP contribution in [0.25, 0.3) is 0 Å². The van der Waals surface area contributed by atoms with E-state index in [0.29, 0.717) is 0 Å². The van der Waals surface area contributed by atoms with Crippen LogP contribution in [0.1, 0.15) is 51.2 Å². The van der Waals surface area contributed by atoms with Crippen molar-refractivity contribution in [3.8, 4) is 5.75 Å². The molecule has 0 heterocycles.